The lowest BCUT2D eigenvalue weighted by Gasteiger charge is -2.17. The lowest BCUT2D eigenvalue weighted by molar-refractivity contribution is -0.159. The van der Waals surface area contributed by atoms with E-state index in [1.165, 1.54) is 29.7 Å². The summed E-state index contributed by atoms with van der Waals surface area (Å²) < 4.78 is 10.7. The first-order valence-corrected chi connectivity index (χ1v) is 15.5. The van der Waals surface area contributed by atoms with Crippen LogP contribution < -0.4 is 9.47 Å². The van der Waals surface area contributed by atoms with Crippen LogP contribution in [0.1, 0.15) is 71.9 Å². The summed E-state index contributed by atoms with van der Waals surface area (Å²) in [5.41, 5.74) is 2.98. The molecule has 3 aromatic rings. The summed E-state index contributed by atoms with van der Waals surface area (Å²) in [5, 5.41) is 17.6. The van der Waals surface area contributed by atoms with E-state index in [1.54, 1.807) is 26.0 Å². The first-order chi connectivity index (χ1) is 20.1. The van der Waals surface area contributed by atoms with Crippen molar-refractivity contribution in [1.29, 1.82) is 0 Å². The molecule has 0 aliphatic rings. The van der Waals surface area contributed by atoms with Crippen molar-refractivity contribution in [3.05, 3.63) is 69.5 Å². The fourth-order valence-electron chi connectivity index (χ4n) is 3.98. The van der Waals surface area contributed by atoms with E-state index in [4.69, 9.17) is 34.3 Å². The molecule has 3 rings (SSSR count). The Hall–Kier alpha value is -3.41. The summed E-state index contributed by atoms with van der Waals surface area (Å²) in [6, 6.07) is 13.9. The van der Waals surface area contributed by atoms with Crippen LogP contribution in [0.5, 0.6) is 11.5 Å². The van der Waals surface area contributed by atoms with Crippen molar-refractivity contribution >= 4 is 40.8 Å². The number of thiophene rings is 1. The number of rotatable bonds is 15. The van der Waals surface area contributed by atoms with Gasteiger partial charge in [0.05, 0.1) is 24.7 Å². The average molecular weight is 617 g/mol. The molecule has 2 N–H and O–H groups in total. The largest absolute Gasteiger partial charge is 0.493 e. The first-order valence-electron chi connectivity index (χ1n) is 13.6. The zero-order chi connectivity index (χ0) is 31.1. The van der Waals surface area contributed by atoms with E-state index in [2.05, 4.69) is 31.9 Å². The molecule has 0 fully saturated rings. The molecule has 9 nitrogen and oxygen atoms in total. The van der Waals surface area contributed by atoms with Gasteiger partial charge in [-0.05, 0) is 79.4 Å². The predicted octanol–water partition coefficient (Wildman–Crippen LogP) is 6.45. The highest BCUT2D eigenvalue weighted by Gasteiger charge is 2.17. The number of methoxy groups -OCH3 is 2. The Bertz CT molecular complexity index is 1280. The Morgan fingerprint density at radius 1 is 0.952 bits per heavy atom. The zero-order valence-electron chi connectivity index (χ0n) is 24.8. The average Bonchev–Trinajstić information content (AvgIpc) is 3.51. The van der Waals surface area contributed by atoms with Gasteiger partial charge in [-0.2, -0.15) is 0 Å². The number of carboxylic acid groups (broad SMARTS) is 2. The minimum Gasteiger partial charge on any atom is -0.493 e. The van der Waals surface area contributed by atoms with E-state index in [-0.39, 0.29) is 5.78 Å². The highest BCUT2D eigenvalue weighted by atomic mass is 32.2. The number of carbonyl (C=O) groups is 3. The topological polar surface area (TPSA) is 126 Å². The molecular formula is C31H40N2O7S2. The van der Waals surface area contributed by atoms with Gasteiger partial charge in [0, 0.05) is 12.2 Å². The fraction of sp³-hybridized carbons (Fsp3) is 0.419. The molecule has 1 aromatic carbocycles. The molecule has 0 radical (unpaired) electrons. The van der Waals surface area contributed by atoms with E-state index in [0.717, 1.165) is 64.3 Å². The van der Waals surface area contributed by atoms with E-state index >= 15 is 0 Å². The van der Waals surface area contributed by atoms with Crippen molar-refractivity contribution in [3.63, 3.8) is 0 Å². The second-order valence-electron chi connectivity index (χ2n) is 9.85. The number of aromatic nitrogens is 1. The molecule has 2 aromatic heterocycles. The lowest BCUT2D eigenvalue weighted by atomic mass is 10.1. The standard InChI is InChI=1S/C29H38N2O3S2.C2H2O4/c1-21(2)24-14-13-23(28(32)27-11-10-18-35-27)29(30-24)36-17-9-7-6-8-16-31(3)20-22-12-15-25(33-4)26(19-22)34-5;3-1(4)2(5)6/h10-15,18-19,21H,6-9,16-17,20H2,1-5H3;(H,3,4)(H,5,6). The number of nitrogens with zero attached hydrogens (tertiary/aromatic N) is 2. The van der Waals surface area contributed by atoms with Crippen LogP contribution in [0.2, 0.25) is 0 Å². The number of thioether (sulfide) groups is 1. The smallest absolute Gasteiger partial charge is 0.414 e. The van der Waals surface area contributed by atoms with Crippen LogP contribution in [0.4, 0.5) is 0 Å². The summed E-state index contributed by atoms with van der Waals surface area (Å²) in [6.45, 7) is 6.22. The van der Waals surface area contributed by atoms with Gasteiger partial charge < -0.3 is 24.6 Å². The molecule has 0 bridgehead atoms. The Labute approximate surface area is 255 Å². The Kier molecular flexibility index (Phi) is 15.1. The van der Waals surface area contributed by atoms with Crippen molar-refractivity contribution in [2.24, 2.45) is 0 Å². The fourth-order valence-corrected chi connectivity index (χ4v) is 5.68. The number of pyridine rings is 1. The van der Waals surface area contributed by atoms with Gasteiger partial charge >= 0.3 is 11.9 Å². The van der Waals surface area contributed by atoms with Gasteiger partial charge in [-0.1, -0.05) is 38.8 Å². The predicted molar refractivity (Wildman–Crippen MR) is 166 cm³/mol. The van der Waals surface area contributed by atoms with Crippen LogP contribution in [0.15, 0.2) is 52.9 Å². The molecule has 228 valence electrons. The van der Waals surface area contributed by atoms with Crippen LogP contribution in [-0.2, 0) is 16.1 Å². The molecule has 11 heteroatoms. The van der Waals surface area contributed by atoms with E-state index in [1.807, 2.05) is 41.8 Å². The molecule has 2 heterocycles. The van der Waals surface area contributed by atoms with Crippen LogP contribution in [0.3, 0.4) is 0 Å². The number of hydrogen-bond acceptors (Lipinski definition) is 9. The minimum atomic E-state index is -1.82. The van der Waals surface area contributed by atoms with Gasteiger partial charge in [0.25, 0.3) is 0 Å². The molecule has 0 atom stereocenters. The van der Waals surface area contributed by atoms with Gasteiger partial charge in [0.1, 0.15) is 5.03 Å². The summed E-state index contributed by atoms with van der Waals surface area (Å²) in [5.74, 6) is -0.727. The van der Waals surface area contributed by atoms with Gasteiger partial charge in [-0.15, -0.1) is 23.1 Å². The number of hydrogen-bond donors (Lipinski definition) is 2. The van der Waals surface area contributed by atoms with Gasteiger partial charge in [-0.3, -0.25) is 4.79 Å². The van der Waals surface area contributed by atoms with Gasteiger partial charge in [-0.25, -0.2) is 14.6 Å². The number of ether oxygens (including phenoxy) is 2. The molecule has 0 spiro atoms. The van der Waals surface area contributed by atoms with Crippen molar-refractivity contribution in [2.75, 3.05) is 33.6 Å². The van der Waals surface area contributed by atoms with Gasteiger partial charge in [0.15, 0.2) is 11.5 Å². The summed E-state index contributed by atoms with van der Waals surface area (Å²) in [7, 11) is 5.49. The molecule has 0 aliphatic heterocycles. The normalized spacial score (nSPS) is 10.7. The lowest BCUT2D eigenvalue weighted by Crippen LogP contribution is -2.19. The minimum absolute atomic E-state index is 0.0767. The number of benzene rings is 1. The number of ketones is 1. The third-order valence-corrected chi connectivity index (χ3v) is 8.17. The van der Waals surface area contributed by atoms with E-state index in [9.17, 15) is 4.79 Å². The Morgan fingerprint density at radius 2 is 1.64 bits per heavy atom. The SMILES string of the molecule is COc1ccc(CN(C)CCCCCCSc2nc(C(C)C)ccc2C(=O)c2cccs2)cc1OC.O=C(O)C(=O)O. The molecule has 0 unspecified atom stereocenters. The van der Waals surface area contributed by atoms with E-state index in [0.29, 0.717) is 5.92 Å². The van der Waals surface area contributed by atoms with Crippen molar-refractivity contribution in [2.45, 2.75) is 57.0 Å². The van der Waals surface area contributed by atoms with Crippen molar-refractivity contribution < 1.29 is 34.1 Å². The van der Waals surface area contributed by atoms with Crippen LogP contribution in [0, 0.1) is 0 Å². The van der Waals surface area contributed by atoms with Gasteiger partial charge in [0.2, 0.25) is 5.78 Å². The van der Waals surface area contributed by atoms with Crippen LogP contribution in [-0.4, -0.2) is 71.4 Å². The molecule has 0 saturated carbocycles. The third kappa shape index (κ3) is 11.5. The first kappa shape index (κ1) is 34.8. The van der Waals surface area contributed by atoms with Crippen molar-refractivity contribution in [1.82, 2.24) is 9.88 Å². The summed E-state index contributed by atoms with van der Waals surface area (Å²) in [6.07, 6.45) is 4.65. The molecule has 0 aliphatic carbocycles. The Balaban J connectivity index is 0.000000928. The molecule has 0 saturated heterocycles. The maximum atomic E-state index is 13.0. The maximum absolute atomic E-state index is 13.0. The zero-order valence-corrected chi connectivity index (χ0v) is 26.4. The monoisotopic (exact) mass is 616 g/mol. The second-order valence-corrected chi connectivity index (χ2v) is 11.9. The number of aliphatic carboxylic acids is 2. The molecular weight excluding hydrogens is 576 g/mol. The summed E-state index contributed by atoms with van der Waals surface area (Å²) >= 11 is 3.20. The highest BCUT2D eigenvalue weighted by molar-refractivity contribution is 7.99. The number of carboxylic acids is 2. The van der Waals surface area contributed by atoms with Crippen LogP contribution >= 0.6 is 23.1 Å². The highest BCUT2D eigenvalue weighted by Crippen LogP contribution is 2.29. The molecule has 42 heavy (non-hydrogen) atoms. The van der Waals surface area contributed by atoms with Crippen LogP contribution in [0.25, 0.3) is 0 Å². The second kappa shape index (κ2) is 18.2. The maximum Gasteiger partial charge on any atom is 0.414 e. The number of carbonyl (C=O) groups excluding carboxylic acids is 1. The quantitative estimate of drug-likeness (QED) is 0.0851. The molecule has 0 amide bonds. The number of unbranched alkanes of at least 4 members (excludes halogenated alkanes) is 3. The third-order valence-electron chi connectivity index (χ3n) is 6.22. The summed E-state index contributed by atoms with van der Waals surface area (Å²) in [4.78, 5) is 39.1. The van der Waals surface area contributed by atoms with Crippen molar-refractivity contribution in [3.8, 4) is 11.5 Å². The van der Waals surface area contributed by atoms with E-state index < -0.39 is 11.9 Å². The Morgan fingerprint density at radius 3 is 2.24 bits per heavy atom.